The monoisotopic (exact) mass is 613 g/mol. The van der Waals surface area contributed by atoms with Crippen LogP contribution < -0.4 is 10.6 Å². The van der Waals surface area contributed by atoms with Gasteiger partial charge in [-0.25, -0.2) is 4.98 Å². The van der Waals surface area contributed by atoms with Gasteiger partial charge in [0.1, 0.15) is 16.8 Å². The molecule has 0 spiro atoms. The highest BCUT2D eigenvalue weighted by Gasteiger charge is 2.25. The standard InChI is InChI=1S/C44H27N3O/c1-2-13-27-25-38-36(24-26(27)12-1)31-17-7-9-22-37(31)47(38)43-41(45-42-34-19-8-10-23-39(34)48-44(42)46-43)35-21-11-20-33-30-15-4-3-14-28(30)29-16-5-6-18-32(29)40(33)35/h1-11,13-26H,12H2. The lowest BCUT2D eigenvalue weighted by Gasteiger charge is -2.19. The maximum Gasteiger partial charge on any atom is 0.248 e. The van der Waals surface area contributed by atoms with Gasteiger partial charge in [0.15, 0.2) is 5.82 Å². The summed E-state index contributed by atoms with van der Waals surface area (Å²) in [5, 5.41) is 11.8. The van der Waals surface area contributed by atoms with E-state index in [1.807, 2.05) is 18.2 Å². The molecule has 1 atom stereocenters. The number of para-hydroxylation sites is 2. The van der Waals surface area contributed by atoms with Gasteiger partial charge in [-0.15, -0.1) is 0 Å². The third kappa shape index (κ3) is 3.49. The van der Waals surface area contributed by atoms with Crippen LogP contribution in [0.4, 0.5) is 0 Å². The molecule has 0 N–H and O–H groups in total. The van der Waals surface area contributed by atoms with Crippen LogP contribution in [0.2, 0.25) is 0 Å². The Bertz CT molecular complexity index is 3000. The second-order valence-corrected chi connectivity index (χ2v) is 12.9. The van der Waals surface area contributed by atoms with Crippen LogP contribution in [0, 0.1) is 5.92 Å². The number of furan rings is 1. The van der Waals surface area contributed by atoms with Crippen LogP contribution in [0.3, 0.4) is 0 Å². The molecule has 0 bridgehead atoms. The number of hydrogen-bond donors (Lipinski definition) is 0. The fraction of sp³-hybridized carbons (Fsp3) is 0.0455. The van der Waals surface area contributed by atoms with Crippen LogP contribution in [-0.2, 0) is 0 Å². The number of allylic oxidation sites excluding steroid dienone is 4. The number of nitrogens with zero attached hydrogens (tertiary/aromatic N) is 3. The van der Waals surface area contributed by atoms with E-state index in [1.54, 1.807) is 0 Å². The molecule has 224 valence electrons. The Hall–Kier alpha value is -6.26. The zero-order chi connectivity index (χ0) is 31.3. The van der Waals surface area contributed by atoms with E-state index in [9.17, 15) is 0 Å². The van der Waals surface area contributed by atoms with E-state index >= 15 is 0 Å². The Labute approximate surface area is 274 Å². The number of aromatic nitrogens is 3. The molecule has 4 nitrogen and oxygen atoms in total. The van der Waals surface area contributed by atoms with Gasteiger partial charge in [-0.05, 0) is 68.6 Å². The van der Waals surface area contributed by atoms with Crippen LogP contribution in [0.15, 0.2) is 143 Å². The van der Waals surface area contributed by atoms with Crippen molar-refractivity contribution >= 4 is 77.6 Å². The van der Waals surface area contributed by atoms with Gasteiger partial charge in [0.2, 0.25) is 5.71 Å². The van der Waals surface area contributed by atoms with Crippen molar-refractivity contribution in [2.24, 2.45) is 5.92 Å². The summed E-state index contributed by atoms with van der Waals surface area (Å²) < 4.78 is 8.73. The molecule has 2 aliphatic carbocycles. The van der Waals surface area contributed by atoms with E-state index in [0.29, 0.717) is 11.6 Å². The molecule has 3 heterocycles. The third-order valence-corrected chi connectivity index (χ3v) is 10.3. The fourth-order valence-corrected chi connectivity index (χ4v) is 8.18. The lowest BCUT2D eigenvalue weighted by Crippen LogP contribution is -2.33. The average molecular weight is 614 g/mol. The average Bonchev–Trinajstić information content (AvgIpc) is 3.67. The molecule has 3 aromatic heterocycles. The zero-order valence-corrected chi connectivity index (χ0v) is 25.9. The van der Waals surface area contributed by atoms with Gasteiger partial charge in [-0.1, -0.05) is 121 Å². The van der Waals surface area contributed by atoms with Crippen molar-refractivity contribution in [1.82, 2.24) is 14.5 Å². The van der Waals surface area contributed by atoms with Crippen LogP contribution in [0.5, 0.6) is 0 Å². The molecule has 1 unspecified atom stereocenters. The highest BCUT2D eigenvalue weighted by atomic mass is 16.3. The fourth-order valence-electron chi connectivity index (χ4n) is 8.18. The van der Waals surface area contributed by atoms with Crippen LogP contribution in [0.1, 0.15) is 6.42 Å². The second kappa shape index (κ2) is 9.63. The van der Waals surface area contributed by atoms with Gasteiger partial charge in [-0.2, -0.15) is 4.98 Å². The maximum atomic E-state index is 6.41. The minimum Gasteiger partial charge on any atom is -0.436 e. The van der Waals surface area contributed by atoms with E-state index in [2.05, 4.69) is 132 Å². The van der Waals surface area contributed by atoms with Gasteiger partial charge in [0.25, 0.3) is 0 Å². The van der Waals surface area contributed by atoms with E-state index in [1.165, 1.54) is 48.5 Å². The number of rotatable bonds is 2. The molecule has 48 heavy (non-hydrogen) atoms. The Morgan fingerprint density at radius 3 is 2.12 bits per heavy atom. The molecule has 0 aliphatic heterocycles. The third-order valence-electron chi connectivity index (χ3n) is 10.3. The minimum absolute atomic E-state index is 0.364. The first-order valence-electron chi connectivity index (χ1n) is 16.5. The number of benzene rings is 6. The Morgan fingerprint density at radius 1 is 0.646 bits per heavy atom. The number of fused-ring (bicyclic) bond motifs is 13. The van der Waals surface area contributed by atoms with Crippen molar-refractivity contribution in [3.05, 3.63) is 150 Å². The molecular weight excluding hydrogens is 587 g/mol. The van der Waals surface area contributed by atoms with Gasteiger partial charge >= 0.3 is 0 Å². The summed E-state index contributed by atoms with van der Waals surface area (Å²) in [7, 11) is 0. The normalized spacial score (nSPS) is 15.6. The molecule has 6 aromatic carbocycles. The highest BCUT2D eigenvalue weighted by Crippen LogP contribution is 2.42. The summed E-state index contributed by atoms with van der Waals surface area (Å²) in [6.45, 7) is 0. The summed E-state index contributed by atoms with van der Waals surface area (Å²) in [6, 6.07) is 40.8. The molecule has 0 amide bonds. The molecule has 0 saturated carbocycles. The SMILES string of the molecule is C1=CCC2C=c3c(n(-c4nc5oc6ccccc6c5nc4-c4cccc5c6ccccc6c6ccccc6c45)c4ccccc34)=CC2=C1. The quantitative estimate of drug-likeness (QED) is 0.182. The highest BCUT2D eigenvalue weighted by molar-refractivity contribution is 6.28. The van der Waals surface area contributed by atoms with Crippen molar-refractivity contribution < 1.29 is 4.42 Å². The maximum absolute atomic E-state index is 6.41. The topological polar surface area (TPSA) is 43.9 Å². The lowest BCUT2D eigenvalue weighted by atomic mass is 9.87. The molecule has 4 heteroatoms. The predicted molar refractivity (Wildman–Crippen MR) is 198 cm³/mol. The first-order valence-corrected chi connectivity index (χ1v) is 16.5. The van der Waals surface area contributed by atoms with Gasteiger partial charge < -0.3 is 4.42 Å². The smallest absolute Gasteiger partial charge is 0.248 e. The Balaban J connectivity index is 1.35. The lowest BCUT2D eigenvalue weighted by molar-refractivity contribution is 0.651. The molecule has 9 aromatic rings. The summed E-state index contributed by atoms with van der Waals surface area (Å²) in [6.07, 6.45) is 12.5. The molecule has 0 fully saturated rings. The van der Waals surface area contributed by atoms with E-state index < -0.39 is 0 Å². The van der Waals surface area contributed by atoms with Crippen molar-refractivity contribution in [2.75, 3.05) is 0 Å². The Kier molecular flexibility index (Phi) is 5.19. The van der Waals surface area contributed by atoms with E-state index in [-0.39, 0.29) is 0 Å². The molecular formula is C44H27N3O. The van der Waals surface area contributed by atoms with E-state index in [0.717, 1.165) is 50.8 Å². The largest absolute Gasteiger partial charge is 0.436 e. The first-order chi connectivity index (χ1) is 23.8. The van der Waals surface area contributed by atoms with Gasteiger partial charge in [0.05, 0.1) is 10.9 Å². The van der Waals surface area contributed by atoms with E-state index in [4.69, 9.17) is 14.4 Å². The summed E-state index contributed by atoms with van der Waals surface area (Å²) in [4.78, 5) is 10.9. The van der Waals surface area contributed by atoms with Crippen molar-refractivity contribution in [2.45, 2.75) is 6.42 Å². The predicted octanol–water partition coefficient (Wildman–Crippen LogP) is 9.52. The van der Waals surface area contributed by atoms with Crippen LogP contribution in [-0.4, -0.2) is 14.5 Å². The van der Waals surface area contributed by atoms with Crippen molar-refractivity contribution in [3.8, 4) is 17.1 Å². The molecule has 11 rings (SSSR count). The Morgan fingerprint density at radius 2 is 1.31 bits per heavy atom. The van der Waals surface area contributed by atoms with Crippen molar-refractivity contribution in [1.29, 1.82) is 0 Å². The van der Waals surface area contributed by atoms with Crippen LogP contribution >= 0.6 is 0 Å². The van der Waals surface area contributed by atoms with Gasteiger partial charge in [0, 0.05) is 27.5 Å². The summed E-state index contributed by atoms with van der Waals surface area (Å²) in [5.74, 6) is 1.13. The molecule has 0 radical (unpaired) electrons. The minimum atomic E-state index is 0.364. The second-order valence-electron chi connectivity index (χ2n) is 12.9. The van der Waals surface area contributed by atoms with Crippen LogP contribution in [0.25, 0.3) is 94.6 Å². The zero-order valence-electron chi connectivity index (χ0n) is 25.9. The summed E-state index contributed by atoms with van der Waals surface area (Å²) >= 11 is 0. The van der Waals surface area contributed by atoms with Crippen molar-refractivity contribution in [3.63, 3.8) is 0 Å². The molecule has 2 aliphatic rings. The first kappa shape index (κ1) is 25.9. The van der Waals surface area contributed by atoms with Gasteiger partial charge in [-0.3, -0.25) is 4.57 Å². The number of hydrogen-bond acceptors (Lipinski definition) is 3. The summed E-state index contributed by atoms with van der Waals surface area (Å²) in [5.41, 5.74) is 6.39. The molecule has 0 saturated heterocycles.